The first-order valence-electron chi connectivity index (χ1n) is 12.6. The molecule has 3 aromatic rings. The van der Waals surface area contributed by atoms with E-state index in [0.29, 0.717) is 18.6 Å². The van der Waals surface area contributed by atoms with Gasteiger partial charge in [0.25, 0.3) is 0 Å². The summed E-state index contributed by atoms with van der Waals surface area (Å²) in [6.07, 6.45) is 4.53. The Hall–Kier alpha value is -3.02. The van der Waals surface area contributed by atoms with Crippen LogP contribution in [0.5, 0.6) is 0 Å². The minimum Gasteiger partial charge on any atom is -0.355 e. The van der Waals surface area contributed by atoms with E-state index in [4.69, 9.17) is 15.8 Å². The fourth-order valence-electron chi connectivity index (χ4n) is 5.58. The summed E-state index contributed by atoms with van der Waals surface area (Å²) in [6.45, 7) is 6.05. The van der Waals surface area contributed by atoms with Crippen LogP contribution >= 0.6 is 0 Å². The van der Waals surface area contributed by atoms with Gasteiger partial charge in [-0.05, 0) is 32.3 Å². The van der Waals surface area contributed by atoms with E-state index in [-0.39, 0.29) is 24.5 Å². The standard InChI is InChI=1S/C26H35N7O3S/c1-18-15-33-23(28-24(18)31-12-10-21(27)16-31)14-22(29-33)19(2)30(3)25(34)26(20-8-6-5-7-9-20)11-13-32(17-26)37(4,35)36/h5-9,14-15,19,21H,10-13,16-17,27H2,1-4H3/t19-,21-,26?/m0/s1. The summed E-state index contributed by atoms with van der Waals surface area (Å²) in [6, 6.07) is 11.2. The lowest BCUT2D eigenvalue weighted by Gasteiger charge is -2.35. The van der Waals surface area contributed by atoms with E-state index in [2.05, 4.69) is 4.90 Å². The van der Waals surface area contributed by atoms with Gasteiger partial charge >= 0.3 is 0 Å². The molecule has 5 rings (SSSR count). The smallest absolute Gasteiger partial charge is 0.234 e. The van der Waals surface area contributed by atoms with Crippen LogP contribution in [-0.2, 0) is 20.2 Å². The molecule has 4 heterocycles. The molecule has 1 amide bonds. The van der Waals surface area contributed by atoms with Crippen molar-refractivity contribution >= 4 is 27.4 Å². The predicted molar refractivity (Wildman–Crippen MR) is 143 cm³/mol. The van der Waals surface area contributed by atoms with Crippen molar-refractivity contribution in [3.63, 3.8) is 0 Å². The summed E-state index contributed by atoms with van der Waals surface area (Å²) in [4.78, 5) is 22.9. The van der Waals surface area contributed by atoms with Crippen molar-refractivity contribution in [2.45, 2.75) is 44.2 Å². The van der Waals surface area contributed by atoms with Crippen molar-refractivity contribution in [1.82, 2.24) is 23.8 Å². The van der Waals surface area contributed by atoms with Crippen molar-refractivity contribution in [3.05, 3.63) is 59.4 Å². The van der Waals surface area contributed by atoms with E-state index in [1.165, 1.54) is 10.6 Å². The molecule has 3 atom stereocenters. The molecule has 2 N–H and O–H groups in total. The van der Waals surface area contributed by atoms with Gasteiger partial charge in [-0.25, -0.2) is 22.2 Å². The number of nitrogens with two attached hydrogens (primary N) is 1. The second kappa shape index (κ2) is 9.38. The van der Waals surface area contributed by atoms with Gasteiger partial charge in [-0.2, -0.15) is 5.10 Å². The Balaban J connectivity index is 1.45. The molecular formula is C26H35N7O3S. The normalized spacial score (nSPS) is 23.6. The molecule has 2 aliphatic heterocycles. The third-order valence-corrected chi connectivity index (χ3v) is 9.17. The van der Waals surface area contributed by atoms with Crippen LogP contribution in [0.2, 0.25) is 0 Å². The zero-order valence-electron chi connectivity index (χ0n) is 21.8. The average molecular weight is 526 g/mol. The number of carbonyl (C=O) groups excluding carboxylic acids is 1. The Labute approximate surface area is 218 Å². The lowest BCUT2D eigenvalue weighted by Crippen LogP contribution is -2.48. The van der Waals surface area contributed by atoms with Crippen LogP contribution in [0.3, 0.4) is 0 Å². The van der Waals surface area contributed by atoms with Gasteiger partial charge < -0.3 is 15.5 Å². The number of fused-ring (bicyclic) bond motifs is 1. The van der Waals surface area contributed by atoms with Crippen LogP contribution in [0.1, 0.15) is 42.6 Å². The first-order chi connectivity index (χ1) is 17.5. The molecular weight excluding hydrogens is 490 g/mol. The summed E-state index contributed by atoms with van der Waals surface area (Å²) in [5, 5.41) is 4.75. The summed E-state index contributed by atoms with van der Waals surface area (Å²) in [7, 11) is -1.66. The van der Waals surface area contributed by atoms with Crippen LogP contribution < -0.4 is 10.6 Å². The van der Waals surface area contributed by atoms with Crippen molar-refractivity contribution < 1.29 is 13.2 Å². The third-order valence-electron chi connectivity index (χ3n) is 7.92. The second-order valence-electron chi connectivity index (χ2n) is 10.5. The van der Waals surface area contributed by atoms with Crippen LogP contribution in [0, 0.1) is 6.92 Å². The number of likely N-dealkylation sites (N-methyl/N-ethyl adjacent to an activating group) is 1. The number of sulfonamides is 1. The Morgan fingerprint density at radius 1 is 1.24 bits per heavy atom. The first kappa shape index (κ1) is 25.6. The van der Waals surface area contributed by atoms with Gasteiger partial charge in [-0.15, -0.1) is 0 Å². The Morgan fingerprint density at radius 2 is 1.97 bits per heavy atom. The van der Waals surface area contributed by atoms with Gasteiger partial charge in [0.2, 0.25) is 15.9 Å². The highest BCUT2D eigenvalue weighted by atomic mass is 32.2. The number of amides is 1. The number of rotatable bonds is 6. The molecule has 2 fully saturated rings. The SMILES string of the molecule is Cc1cn2nc([C@H](C)N(C)C(=O)C3(c4ccccc4)CCN(S(C)(=O)=O)C3)cc2nc1N1CC[C@H](N)C1. The molecule has 0 radical (unpaired) electrons. The molecule has 37 heavy (non-hydrogen) atoms. The molecule has 0 aliphatic carbocycles. The van der Waals surface area contributed by atoms with Crippen molar-refractivity contribution in [3.8, 4) is 0 Å². The van der Waals surface area contributed by atoms with Gasteiger partial charge in [0.05, 0.1) is 23.4 Å². The predicted octanol–water partition coefficient (Wildman–Crippen LogP) is 1.70. The highest BCUT2D eigenvalue weighted by Gasteiger charge is 2.50. The lowest BCUT2D eigenvalue weighted by molar-refractivity contribution is -0.137. The van der Waals surface area contributed by atoms with E-state index in [0.717, 1.165) is 42.1 Å². The number of hydrogen-bond acceptors (Lipinski definition) is 7. The third kappa shape index (κ3) is 4.60. The molecule has 10 nitrogen and oxygen atoms in total. The number of hydrogen-bond donors (Lipinski definition) is 1. The highest BCUT2D eigenvalue weighted by Crippen LogP contribution is 2.39. The van der Waals surface area contributed by atoms with E-state index in [1.807, 2.05) is 56.4 Å². The van der Waals surface area contributed by atoms with Crippen LogP contribution in [0.4, 0.5) is 5.82 Å². The van der Waals surface area contributed by atoms with Crippen LogP contribution in [0.15, 0.2) is 42.6 Å². The van der Waals surface area contributed by atoms with Crippen molar-refractivity contribution in [2.24, 2.45) is 5.73 Å². The van der Waals surface area contributed by atoms with E-state index in [1.54, 1.807) is 16.5 Å². The zero-order chi connectivity index (χ0) is 26.5. The number of aromatic nitrogens is 3. The van der Waals surface area contributed by atoms with Gasteiger partial charge in [0.1, 0.15) is 5.82 Å². The van der Waals surface area contributed by atoms with E-state index in [9.17, 15) is 13.2 Å². The molecule has 2 saturated heterocycles. The summed E-state index contributed by atoms with van der Waals surface area (Å²) < 4.78 is 27.8. The zero-order valence-corrected chi connectivity index (χ0v) is 22.6. The molecule has 2 aromatic heterocycles. The second-order valence-corrected chi connectivity index (χ2v) is 12.5. The Morgan fingerprint density at radius 3 is 2.59 bits per heavy atom. The number of benzene rings is 1. The molecule has 1 unspecified atom stereocenters. The van der Waals surface area contributed by atoms with Gasteiger partial charge in [-0.1, -0.05) is 30.3 Å². The minimum absolute atomic E-state index is 0.120. The average Bonchev–Trinajstić information content (AvgIpc) is 3.61. The molecule has 0 bridgehead atoms. The van der Waals surface area contributed by atoms with Gasteiger partial charge in [0.15, 0.2) is 5.65 Å². The maximum Gasteiger partial charge on any atom is 0.234 e. The number of carbonyl (C=O) groups is 1. The quantitative estimate of drug-likeness (QED) is 0.521. The number of aryl methyl sites for hydroxylation is 1. The van der Waals surface area contributed by atoms with Crippen molar-refractivity contribution in [2.75, 3.05) is 44.4 Å². The maximum absolute atomic E-state index is 14.1. The maximum atomic E-state index is 14.1. The van der Waals surface area contributed by atoms with Crippen LogP contribution in [0.25, 0.3) is 5.65 Å². The van der Waals surface area contributed by atoms with Crippen LogP contribution in [-0.4, -0.2) is 83.7 Å². The Bertz CT molecular complexity index is 1420. The lowest BCUT2D eigenvalue weighted by atomic mass is 9.78. The molecule has 2 aliphatic rings. The minimum atomic E-state index is -3.42. The molecule has 11 heteroatoms. The van der Waals surface area contributed by atoms with Crippen molar-refractivity contribution in [1.29, 1.82) is 0 Å². The highest BCUT2D eigenvalue weighted by molar-refractivity contribution is 7.88. The monoisotopic (exact) mass is 525 g/mol. The van der Waals surface area contributed by atoms with E-state index >= 15 is 0 Å². The molecule has 198 valence electrons. The molecule has 0 spiro atoms. The molecule has 1 aromatic carbocycles. The summed E-state index contributed by atoms with van der Waals surface area (Å²) in [5.74, 6) is 0.795. The summed E-state index contributed by atoms with van der Waals surface area (Å²) in [5.41, 5.74) is 8.43. The molecule has 0 saturated carbocycles. The Kier molecular flexibility index (Phi) is 6.49. The first-order valence-corrected chi connectivity index (χ1v) is 14.5. The largest absolute Gasteiger partial charge is 0.355 e. The van der Waals surface area contributed by atoms with Gasteiger partial charge in [0, 0.05) is 57.1 Å². The summed E-state index contributed by atoms with van der Waals surface area (Å²) >= 11 is 0. The number of anilines is 1. The van der Waals surface area contributed by atoms with Gasteiger partial charge in [-0.3, -0.25) is 4.79 Å². The fraction of sp³-hybridized carbons (Fsp3) is 0.500. The van der Waals surface area contributed by atoms with E-state index < -0.39 is 15.4 Å². The number of nitrogens with zero attached hydrogens (tertiary/aromatic N) is 6. The topological polar surface area (TPSA) is 117 Å². The fourth-order valence-corrected chi connectivity index (χ4v) is 6.46.